The minimum Gasteiger partial charge on any atom is -0.384 e. The molecule has 0 N–H and O–H groups in total. The first-order chi connectivity index (χ1) is 4.83. The van der Waals surface area contributed by atoms with Gasteiger partial charge in [0.25, 0.3) is 0 Å². The van der Waals surface area contributed by atoms with E-state index in [1.54, 1.807) is 7.11 Å². The number of carbonyl (C=O) groups is 1. The highest BCUT2D eigenvalue weighted by Gasteiger charge is 2.23. The van der Waals surface area contributed by atoms with Crippen LogP contribution in [0.1, 0.15) is 25.7 Å². The first-order valence-electron chi connectivity index (χ1n) is 3.83. The molecule has 2 nitrogen and oxygen atoms in total. The van der Waals surface area contributed by atoms with Crippen molar-refractivity contribution in [2.45, 2.75) is 25.7 Å². The number of hydrogen-bond acceptors (Lipinski definition) is 2. The molecule has 0 aromatic rings. The van der Waals surface area contributed by atoms with Gasteiger partial charge in [-0.15, -0.1) is 0 Å². The predicted octanol–water partition coefficient (Wildman–Crippen LogP) is 1.39. The van der Waals surface area contributed by atoms with Crippen molar-refractivity contribution in [3.63, 3.8) is 0 Å². The normalized spacial score (nSPS) is 17.3. The number of ether oxygens (including phenoxy) is 1. The zero-order chi connectivity index (χ0) is 7.40. The Labute approximate surface area is 61.6 Å². The van der Waals surface area contributed by atoms with Crippen LogP contribution in [0.5, 0.6) is 0 Å². The molecule has 0 aromatic heterocycles. The molecule has 1 fully saturated rings. The van der Waals surface area contributed by atoms with Crippen molar-refractivity contribution in [3.05, 3.63) is 0 Å². The summed E-state index contributed by atoms with van der Waals surface area (Å²) >= 11 is 0. The standard InChI is InChI=1S/C8H14O2/c1-10-5-4-8(9)6-7-2-3-7/h7H,2-6H2,1H3. The average molecular weight is 142 g/mol. The summed E-state index contributed by atoms with van der Waals surface area (Å²) in [5.41, 5.74) is 0. The van der Waals surface area contributed by atoms with E-state index in [0.29, 0.717) is 18.8 Å². The second-order valence-corrected chi connectivity index (χ2v) is 2.93. The summed E-state index contributed by atoms with van der Waals surface area (Å²) in [6.07, 6.45) is 3.92. The Morgan fingerprint density at radius 1 is 1.60 bits per heavy atom. The lowest BCUT2D eigenvalue weighted by atomic mass is 10.1. The third kappa shape index (κ3) is 2.97. The SMILES string of the molecule is COCCC(=O)CC1CC1. The minimum atomic E-state index is 0.365. The van der Waals surface area contributed by atoms with E-state index in [1.165, 1.54) is 12.8 Å². The molecule has 0 spiro atoms. The summed E-state index contributed by atoms with van der Waals surface area (Å²) in [7, 11) is 1.63. The third-order valence-corrected chi connectivity index (χ3v) is 1.80. The molecule has 0 amide bonds. The summed E-state index contributed by atoms with van der Waals surface area (Å²) in [4.78, 5) is 11.0. The van der Waals surface area contributed by atoms with Crippen molar-refractivity contribution in [1.82, 2.24) is 0 Å². The second-order valence-electron chi connectivity index (χ2n) is 2.93. The predicted molar refractivity (Wildman–Crippen MR) is 38.8 cm³/mol. The zero-order valence-corrected chi connectivity index (χ0v) is 6.43. The molecular weight excluding hydrogens is 128 g/mol. The summed E-state index contributed by atoms with van der Waals surface area (Å²) in [6.45, 7) is 0.589. The van der Waals surface area contributed by atoms with Gasteiger partial charge < -0.3 is 4.74 Å². The summed E-state index contributed by atoms with van der Waals surface area (Å²) in [5.74, 6) is 1.09. The Kier molecular flexibility index (Phi) is 2.87. The Morgan fingerprint density at radius 3 is 2.80 bits per heavy atom. The van der Waals surface area contributed by atoms with Crippen LogP contribution in [0.25, 0.3) is 0 Å². The Hall–Kier alpha value is -0.370. The van der Waals surface area contributed by atoms with E-state index in [2.05, 4.69) is 0 Å². The maximum Gasteiger partial charge on any atom is 0.135 e. The molecule has 0 saturated heterocycles. The lowest BCUT2D eigenvalue weighted by Gasteiger charge is -1.96. The Balaban J connectivity index is 1.97. The van der Waals surface area contributed by atoms with Crippen LogP contribution in [0.3, 0.4) is 0 Å². The lowest BCUT2D eigenvalue weighted by molar-refractivity contribution is -0.120. The largest absolute Gasteiger partial charge is 0.384 e. The minimum absolute atomic E-state index is 0.365. The Morgan fingerprint density at radius 2 is 2.30 bits per heavy atom. The molecule has 0 bridgehead atoms. The van der Waals surface area contributed by atoms with Gasteiger partial charge in [-0.1, -0.05) is 0 Å². The Bertz CT molecular complexity index is 116. The molecule has 0 atom stereocenters. The van der Waals surface area contributed by atoms with Crippen molar-refractivity contribution in [2.75, 3.05) is 13.7 Å². The van der Waals surface area contributed by atoms with Gasteiger partial charge in [0.1, 0.15) is 5.78 Å². The first kappa shape index (κ1) is 7.73. The van der Waals surface area contributed by atoms with E-state index in [-0.39, 0.29) is 0 Å². The third-order valence-electron chi connectivity index (χ3n) is 1.80. The highest BCUT2D eigenvalue weighted by molar-refractivity contribution is 5.78. The number of ketones is 1. The second kappa shape index (κ2) is 3.71. The van der Waals surface area contributed by atoms with Crippen molar-refractivity contribution in [1.29, 1.82) is 0 Å². The van der Waals surface area contributed by atoms with Gasteiger partial charge >= 0.3 is 0 Å². The van der Waals surface area contributed by atoms with Crippen LogP contribution in [-0.4, -0.2) is 19.5 Å². The van der Waals surface area contributed by atoms with Crippen LogP contribution in [0.15, 0.2) is 0 Å². The van der Waals surface area contributed by atoms with Gasteiger partial charge in [-0.05, 0) is 18.8 Å². The molecule has 2 heteroatoms. The average Bonchev–Trinajstić information content (AvgIpc) is 2.67. The molecule has 1 rings (SSSR count). The number of Topliss-reactive ketones (excluding diaryl/α,β-unsaturated/α-hetero) is 1. The van der Waals surface area contributed by atoms with E-state index in [1.807, 2.05) is 0 Å². The maximum atomic E-state index is 11.0. The van der Waals surface area contributed by atoms with Gasteiger partial charge in [0, 0.05) is 20.0 Å². The topological polar surface area (TPSA) is 26.3 Å². The fourth-order valence-electron chi connectivity index (χ4n) is 0.962. The van der Waals surface area contributed by atoms with Gasteiger partial charge in [-0.2, -0.15) is 0 Å². The molecule has 0 heterocycles. The van der Waals surface area contributed by atoms with Gasteiger partial charge in [-0.25, -0.2) is 0 Å². The van der Waals surface area contributed by atoms with Crippen molar-refractivity contribution < 1.29 is 9.53 Å². The summed E-state index contributed by atoms with van der Waals surface area (Å²) < 4.78 is 4.79. The van der Waals surface area contributed by atoms with Gasteiger partial charge in [0.15, 0.2) is 0 Å². The van der Waals surface area contributed by atoms with E-state index < -0.39 is 0 Å². The molecule has 0 unspecified atom stereocenters. The number of rotatable bonds is 5. The van der Waals surface area contributed by atoms with Crippen molar-refractivity contribution >= 4 is 5.78 Å². The van der Waals surface area contributed by atoms with Crippen molar-refractivity contribution in [3.8, 4) is 0 Å². The maximum absolute atomic E-state index is 11.0. The molecule has 1 saturated carbocycles. The molecule has 0 aliphatic heterocycles. The number of carbonyl (C=O) groups excluding carboxylic acids is 1. The molecule has 10 heavy (non-hydrogen) atoms. The van der Waals surface area contributed by atoms with Crippen LogP contribution >= 0.6 is 0 Å². The van der Waals surface area contributed by atoms with Crippen LogP contribution in [0.2, 0.25) is 0 Å². The molecule has 0 aromatic carbocycles. The fraction of sp³-hybridized carbons (Fsp3) is 0.875. The quantitative estimate of drug-likeness (QED) is 0.580. The van der Waals surface area contributed by atoms with Crippen LogP contribution < -0.4 is 0 Å². The van der Waals surface area contributed by atoms with E-state index in [0.717, 1.165) is 12.3 Å². The van der Waals surface area contributed by atoms with Crippen LogP contribution in [0.4, 0.5) is 0 Å². The molecule has 1 aliphatic carbocycles. The van der Waals surface area contributed by atoms with Gasteiger partial charge in [-0.3, -0.25) is 4.79 Å². The number of hydrogen-bond donors (Lipinski definition) is 0. The highest BCUT2D eigenvalue weighted by atomic mass is 16.5. The summed E-state index contributed by atoms with van der Waals surface area (Å²) in [5, 5.41) is 0. The first-order valence-corrected chi connectivity index (χ1v) is 3.83. The molecule has 0 radical (unpaired) electrons. The summed E-state index contributed by atoms with van der Waals surface area (Å²) in [6, 6.07) is 0. The van der Waals surface area contributed by atoms with Crippen molar-refractivity contribution in [2.24, 2.45) is 5.92 Å². The van der Waals surface area contributed by atoms with Gasteiger partial charge in [0.05, 0.1) is 6.61 Å². The zero-order valence-electron chi connectivity index (χ0n) is 6.43. The molecule has 58 valence electrons. The number of methoxy groups -OCH3 is 1. The smallest absolute Gasteiger partial charge is 0.135 e. The highest BCUT2D eigenvalue weighted by Crippen LogP contribution is 2.32. The van der Waals surface area contributed by atoms with E-state index in [9.17, 15) is 4.79 Å². The molecule has 1 aliphatic rings. The van der Waals surface area contributed by atoms with E-state index in [4.69, 9.17) is 4.74 Å². The lowest BCUT2D eigenvalue weighted by Crippen LogP contribution is -2.02. The fourth-order valence-corrected chi connectivity index (χ4v) is 0.962. The monoisotopic (exact) mass is 142 g/mol. The van der Waals surface area contributed by atoms with Crippen LogP contribution in [0, 0.1) is 5.92 Å². The van der Waals surface area contributed by atoms with E-state index >= 15 is 0 Å². The van der Waals surface area contributed by atoms with Gasteiger partial charge in [0.2, 0.25) is 0 Å². The molecular formula is C8H14O2. The van der Waals surface area contributed by atoms with Crippen LogP contribution in [-0.2, 0) is 9.53 Å².